The zero-order chi connectivity index (χ0) is 23.8. The van der Waals surface area contributed by atoms with Crippen LogP contribution in [0, 0.1) is 12.7 Å². The predicted molar refractivity (Wildman–Crippen MR) is 131 cm³/mol. The Balaban J connectivity index is 1.69. The minimum atomic E-state index is -0.290. The van der Waals surface area contributed by atoms with Crippen molar-refractivity contribution in [1.82, 2.24) is 19.6 Å². The van der Waals surface area contributed by atoms with Gasteiger partial charge >= 0.3 is 0 Å². The van der Waals surface area contributed by atoms with Crippen LogP contribution in [0.25, 0.3) is 28.2 Å². The quantitative estimate of drug-likeness (QED) is 0.263. The molecule has 3 aromatic heterocycles. The second-order valence-corrected chi connectivity index (χ2v) is 8.36. The molecule has 2 aromatic carbocycles. The van der Waals surface area contributed by atoms with Gasteiger partial charge in [0.25, 0.3) is 0 Å². The summed E-state index contributed by atoms with van der Waals surface area (Å²) in [4.78, 5) is 22.5. The van der Waals surface area contributed by atoms with Gasteiger partial charge in [0.2, 0.25) is 6.41 Å². The maximum Gasteiger partial charge on any atom is 0.219 e. The van der Waals surface area contributed by atoms with Crippen molar-refractivity contribution >= 4 is 46.8 Å². The molecule has 0 spiro atoms. The fourth-order valence-corrected chi connectivity index (χ4v) is 4.01. The molecule has 1 amide bonds. The molecule has 5 rings (SSSR count). The van der Waals surface area contributed by atoms with Gasteiger partial charge in [-0.15, -0.1) is 0 Å². The maximum atomic E-state index is 13.9. The van der Waals surface area contributed by atoms with E-state index in [-0.39, 0.29) is 5.82 Å². The molecule has 0 saturated heterocycles. The largest absolute Gasteiger partial charge is 0.278 e. The number of nitrogens with zero attached hydrogens (tertiary/aromatic N) is 5. The van der Waals surface area contributed by atoms with Gasteiger partial charge in [-0.25, -0.2) is 18.9 Å². The molecule has 0 aliphatic rings. The number of imidazole rings is 1. The molecule has 0 atom stereocenters. The predicted octanol–water partition coefficient (Wildman–Crippen LogP) is 6.51. The number of fused-ring (bicyclic) bond motifs is 1. The first-order valence-corrected chi connectivity index (χ1v) is 11.0. The summed E-state index contributed by atoms with van der Waals surface area (Å²) in [5.74, 6) is 0.0830. The molecule has 34 heavy (non-hydrogen) atoms. The molecule has 9 heteroatoms. The minimum absolute atomic E-state index is 0.290. The Kier molecular flexibility index (Phi) is 5.73. The van der Waals surface area contributed by atoms with Crippen LogP contribution < -0.4 is 4.90 Å². The summed E-state index contributed by atoms with van der Waals surface area (Å²) in [6.45, 7) is 1.70. The number of pyridine rings is 1. The van der Waals surface area contributed by atoms with Crippen LogP contribution in [0.5, 0.6) is 0 Å². The van der Waals surface area contributed by atoms with E-state index in [2.05, 4.69) is 10.1 Å². The minimum Gasteiger partial charge on any atom is -0.278 e. The summed E-state index contributed by atoms with van der Waals surface area (Å²) < 4.78 is 15.6. The summed E-state index contributed by atoms with van der Waals surface area (Å²) in [7, 11) is 0. The molecule has 6 nitrogen and oxygen atoms in total. The average molecular weight is 492 g/mol. The highest BCUT2D eigenvalue weighted by Gasteiger charge is 2.20. The van der Waals surface area contributed by atoms with Gasteiger partial charge in [0, 0.05) is 23.5 Å². The number of aromatic nitrogens is 4. The Hall–Kier alpha value is -3.81. The Morgan fingerprint density at radius 2 is 1.82 bits per heavy atom. The summed E-state index contributed by atoms with van der Waals surface area (Å²) in [5, 5.41) is 5.17. The van der Waals surface area contributed by atoms with Crippen molar-refractivity contribution in [3.63, 3.8) is 0 Å². The van der Waals surface area contributed by atoms with Crippen molar-refractivity contribution in [3.8, 4) is 22.5 Å². The van der Waals surface area contributed by atoms with Crippen molar-refractivity contribution in [2.24, 2.45) is 0 Å². The summed E-state index contributed by atoms with van der Waals surface area (Å²) in [6, 6.07) is 16.9. The third kappa shape index (κ3) is 3.89. The Bertz CT molecular complexity index is 1550. The molecular formula is C25H16Cl2FN5O. The topological polar surface area (TPSA) is 63.4 Å². The van der Waals surface area contributed by atoms with Crippen LogP contribution in [0.3, 0.4) is 0 Å². The third-order valence-corrected chi connectivity index (χ3v) is 6.12. The number of aryl methyl sites for hydroxylation is 1. The lowest BCUT2D eigenvalue weighted by Gasteiger charge is -2.18. The zero-order valence-corrected chi connectivity index (χ0v) is 19.3. The molecule has 0 aliphatic heterocycles. The van der Waals surface area contributed by atoms with Crippen LogP contribution in [-0.4, -0.2) is 26.0 Å². The van der Waals surface area contributed by atoms with Gasteiger partial charge in [-0.1, -0.05) is 23.2 Å². The van der Waals surface area contributed by atoms with Crippen LogP contribution >= 0.6 is 23.2 Å². The molecule has 0 N–H and O–H groups in total. The Morgan fingerprint density at radius 3 is 2.59 bits per heavy atom. The molecular weight excluding hydrogens is 476 g/mol. The number of carbonyl (C=O) groups is 1. The molecule has 0 saturated carbocycles. The summed E-state index contributed by atoms with van der Waals surface area (Å²) >= 11 is 12.2. The van der Waals surface area contributed by atoms with E-state index in [1.807, 2.05) is 6.07 Å². The van der Waals surface area contributed by atoms with Crippen LogP contribution in [0.4, 0.5) is 15.9 Å². The standard InChI is InChI=1S/C25H16Cl2FN5O/c1-15-11-16(4-7-21(15)28)24-25(33-22(31-24)3-2-9-30-33)17-8-10-29-23(12-17)32(14-34)18-5-6-19(26)20(27)13-18/h2-14H,1H3. The highest BCUT2D eigenvalue weighted by molar-refractivity contribution is 6.42. The lowest BCUT2D eigenvalue weighted by Crippen LogP contribution is -2.15. The van der Waals surface area contributed by atoms with Gasteiger partial charge in [-0.2, -0.15) is 5.10 Å². The SMILES string of the molecule is Cc1cc(-c2nc3cccnn3c2-c2ccnc(N(C=O)c3ccc(Cl)c(Cl)c3)c2)ccc1F. The van der Waals surface area contributed by atoms with E-state index in [0.717, 1.165) is 11.1 Å². The molecule has 5 aromatic rings. The van der Waals surface area contributed by atoms with Crippen molar-refractivity contribution < 1.29 is 9.18 Å². The number of hydrogen-bond acceptors (Lipinski definition) is 4. The molecule has 0 unspecified atom stereocenters. The van der Waals surface area contributed by atoms with E-state index >= 15 is 0 Å². The lowest BCUT2D eigenvalue weighted by molar-refractivity contribution is -0.106. The third-order valence-electron chi connectivity index (χ3n) is 5.38. The summed E-state index contributed by atoms with van der Waals surface area (Å²) in [6.07, 6.45) is 3.91. The highest BCUT2D eigenvalue weighted by atomic mass is 35.5. The number of hydrogen-bond donors (Lipinski definition) is 0. The first-order valence-electron chi connectivity index (χ1n) is 10.2. The molecule has 0 radical (unpaired) electrons. The van der Waals surface area contributed by atoms with Crippen LogP contribution in [0.2, 0.25) is 10.0 Å². The van der Waals surface area contributed by atoms with E-state index in [1.54, 1.807) is 72.4 Å². The number of carbonyl (C=O) groups excluding carboxylic acids is 1. The first-order chi connectivity index (χ1) is 16.5. The molecule has 0 fully saturated rings. The van der Waals surface area contributed by atoms with Crippen molar-refractivity contribution in [3.05, 3.63) is 94.5 Å². The maximum absolute atomic E-state index is 13.9. The highest BCUT2D eigenvalue weighted by Crippen LogP contribution is 2.35. The lowest BCUT2D eigenvalue weighted by atomic mass is 10.0. The number of amides is 1. The van der Waals surface area contributed by atoms with Gasteiger partial charge in [0.05, 0.1) is 21.4 Å². The zero-order valence-electron chi connectivity index (χ0n) is 17.8. The van der Waals surface area contributed by atoms with E-state index < -0.39 is 0 Å². The van der Waals surface area contributed by atoms with Gasteiger partial charge < -0.3 is 0 Å². The van der Waals surface area contributed by atoms with Crippen LogP contribution in [0.15, 0.2) is 73.1 Å². The summed E-state index contributed by atoms with van der Waals surface area (Å²) in [5.41, 5.74) is 4.44. The number of halogens is 3. The average Bonchev–Trinajstić information content (AvgIpc) is 3.23. The van der Waals surface area contributed by atoms with Crippen molar-refractivity contribution in [2.45, 2.75) is 6.92 Å². The van der Waals surface area contributed by atoms with E-state index in [0.29, 0.717) is 50.6 Å². The van der Waals surface area contributed by atoms with E-state index in [4.69, 9.17) is 28.2 Å². The smallest absolute Gasteiger partial charge is 0.219 e. The monoisotopic (exact) mass is 491 g/mol. The van der Waals surface area contributed by atoms with Crippen LogP contribution in [-0.2, 0) is 4.79 Å². The fourth-order valence-electron chi connectivity index (χ4n) is 3.72. The number of benzene rings is 2. The van der Waals surface area contributed by atoms with Gasteiger partial charge in [-0.05, 0) is 73.2 Å². The van der Waals surface area contributed by atoms with E-state index in [9.17, 15) is 9.18 Å². The van der Waals surface area contributed by atoms with Gasteiger partial charge in [-0.3, -0.25) is 9.69 Å². The fraction of sp³-hybridized carbons (Fsp3) is 0.0400. The van der Waals surface area contributed by atoms with E-state index in [1.165, 1.54) is 11.0 Å². The normalized spacial score (nSPS) is 11.1. The Labute approximate surface area is 204 Å². The Morgan fingerprint density at radius 1 is 0.971 bits per heavy atom. The molecule has 168 valence electrons. The van der Waals surface area contributed by atoms with Crippen molar-refractivity contribution in [1.29, 1.82) is 0 Å². The second kappa shape index (κ2) is 8.85. The van der Waals surface area contributed by atoms with Gasteiger partial charge in [0.1, 0.15) is 17.3 Å². The first kappa shape index (κ1) is 22.0. The number of rotatable bonds is 5. The van der Waals surface area contributed by atoms with Crippen molar-refractivity contribution in [2.75, 3.05) is 4.90 Å². The van der Waals surface area contributed by atoms with Gasteiger partial charge in [0.15, 0.2) is 5.65 Å². The number of anilines is 2. The van der Waals surface area contributed by atoms with Crippen LogP contribution in [0.1, 0.15) is 5.56 Å². The molecule has 0 aliphatic carbocycles. The second-order valence-electron chi connectivity index (χ2n) is 7.54. The molecule has 3 heterocycles. The molecule has 0 bridgehead atoms.